The van der Waals surface area contributed by atoms with Gasteiger partial charge in [-0.15, -0.1) is 0 Å². The number of ether oxygens (including phenoxy) is 2. The maximum atomic E-state index is 12.0. The Morgan fingerprint density at radius 1 is 1.28 bits per heavy atom. The average molecular weight is 268 g/mol. The molecule has 0 saturated carbocycles. The predicted octanol–water partition coefficient (Wildman–Crippen LogP) is 1.79. The molecule has 0 spiro atoms. The first-order valence-corrected chi connectivity index (χ1v) is 7.20. The zero-order valence-electron chi connectivity index (χ0n) is 10.5. The van der Waals surface area contributed by atoms with Crippen LogP contribution in [0.1, 0.15) is 13.8 Å². The molecule has 0 N–H and O–H groups in total. The molecular formula is C13H16O4S. The monoisotopic (exact) mass is 268 g/mol. The highest BCUT2D eigenvalue weighted by Crippen LogP contribution is 2.31. The first-order valence-electron chi connectivity index (χ1n) is 5.88. The van der Waals surface area contributed by atoms with Crippen LogP contribution in [0.4, 0.5) is 0 Å². The van der Waals surface area contributed by atoms with Crippen molar-refractivity contribution < 1.29 is 18.5 Å². The van der Waals surface area contributed by atoms with Gasteiger partial charge in [0, 0.05) is 16.9 Å². The third-order valence-corrected chi connectivity index (χ3v) is 4.02. The summed E-state index contributed by atoms with van der Waals surface area (Å²) in [6.45, 7) is 4.64. The zero-order valence-corrected chi connectivity index (χ0v) is 11.3. The number of carbonyl (C=O) groups excluding carboxylic acids is 1. The van der Waals surface area contributed by atoms with Crippen molar-refractivity contribution in [1.82, 2.24) is 0 Å². The molecule has 0 amide bonds. The number of hydrogen-bond donors (Lipinski definition) is 0. The molecule has 1 aliphatic rings. The Bertz CT molecular complexity index is 482. The van der Waals surface area contributed by atoms with Crippen LogP contribution in [0.5, 0.6) is 11.5 Å². The third kappa shape index (κ3) is 2.90. The average Bonchev–Trinajstić information content (AvgIpc) is 2.37. The maximum Gasteiger partial charge on any atom is 0.162 e. The molecule has 5 heteroatoms. The van der Waals surface area contributed by atoms with Crippen LogP contribution in [0.2, 0.25) is 0 Å². The molecule has 1 aromatic rings. The minimum Gasteiger partial charge on any atom is -0.486 e. The van der Waals surface area contributed by atoms with Crippen molar-refractivity contribution in [1.29, 1.82) is 0 Å². The van der Waals surface area contributed by atoms with Gasteiger partial charge in [0.1, 0.15) is 19.0 Å². The van der Waals surface area contributed by atoms with E-state index in [1.807, 2.05) is 13.8 Å². The van der Waals surface area contributed by atoms with Crippen LogP contribution in [0, 0.1) is 5.92 Å². The summed E-state index contributed by atoms with van der Waals surface area (Å²) in [5.74, 6) is 1.23. The van der Waals surface area contributed by atoms with Crippen LogP contribution >= 0.6 is 0 Å². The lowest BCUT2D eigenvalue weighted by Gasteiger charge is -2.18. The highest BCUT2D eigenvalue weighted by Gasteiger charge is 2.17. The fourth-order valence-corrected chi connectivity index (χ4v) is 2.76. The topological polar surface area (TPSA) is 52.6 Å². The molecule has 0 aromatic heterocycles. The largest absolute Gasteiger partial charge is 0.486 e. The molecule has 0 radical (unpaired) electrons. The number of Topliss-reactive ketones (excluding diaryl/α,β-unsaturated/α-hetero) is 1. The molecule has 18 heavy (non-hydrogen) atoms. The second kappa shape index (κ2) is 5.52. The van der Waals surface area contributed by atoms with Crippen LogP contribution in [-0.4, -0.2) is 29.0 Å². The van der Waals surface area contributed by atoms with Crippen molar-refractivity contribution in [2.24, 2.45) is 5.92 Å². The van der Waals surface area contributed by atoms with Crippen molar-refractivity contribution in [2.45, 2.75) is 18.7 Å². The first-order chi connectivity index (χ1) is 8.58. The van der Waals surface area contributed by atoms with Crippen LogP contribution < -0.4 is 9.47 Å². The third-order valence-electron chi connectivity index (χ3n) is 2.69. The molecule has 1 aromatic carbocycles. The summed E-state index contributed by atoms with van der Waals surface area (Å²) < 4.78 is 22.8. The molecule has 0 saturated heterocycles. The number of carbonyl (C=O) groups is 1. The summed E-state index contributed by atoms with van der Waals surface area (Å²) in [7, 11) is -1.32. The first kappa shape index (κ1) is 13.1. The van der Waals surface area contributed by atoms with E-state index in [0.717, 1.165) is 0 Å². The van der Waals surface area contributed by atoms with Crippen molar-refractivity contribution >= 4 is 16.6 Å². The Kier molecular flexibility index (Phi) is 4.01. The SMILES string of the molecule is CC(C)C(=O)CS(=O)c1ccc2c(c1)OCCO2. The van der Waals surface area contributed by atoms with E-state index in [-0.39, 0.29) is 17.5 Å². The van der Waals surface area contributed by atoms with Gasteiger partial charge in [-0.1, -0.05) is 13.8 Å². The Morgan fingerprint density at radius 2 is 1.94 bits per heavy atom. The molecule has 0 fully saturated rings. The van der Waals surface area contributed by atoms with Crippen LogP contribution in [-0.2, 0) is 15.6 Å². The highest BCUT2D eigenvalue weighted by atomic mass is 32.2. The van der Waals surface area contributed by atoms with E-state index >= 15 is 0 Å². The smallest absolute Gasteiger partial charge is 0.162 e. The number of hydrogen-bond acceptors (Lipinski definition) is 4. The molecule has 1 unspecified atom stereocenters. The number of rotatable bonds is 4. The summed E-state index contributed by atoms with van der Waals surface area (Å²) in [4.78, 5) is 12.2. The number of benzene rings is 1. The molecule has 4 nitrogen and oxygen atoms in total. The van der Waals surface area contributed by atoms with E-state index in [0.29, 0.717) is 29.6 Å². The summed E-state index contributed by atoms with van der Waals surface area (Å²) in [5.41, 5.74) is 0. The van der Waals surface area contributed by atoms with Crippen LogP contribution in [0.25, 0.3) is 0 Å². The Morgan fingerprint density at radius 3 is 2.61 bits per heavy atom. The lowest BCUT2D eigenvalue weighted by Crippen LogP contribution is -2.17. The Labute approximate surface area is 109 Å². The highest BCUT2D eigenvalue weighted by molar-refractivity contribution is 7.85. The summed E-state index contributed by atoms with van der Waals surface area (Å²) >= 11 is 0. The molecule has 0 aliphatic carbocycles. The molecule has 2 rings (SSSR count). The van der Waals surface area contributed by atoms with Gasteiger partial charge in [0.25, 0.3) is 0 Å². The van der Waals surface area contributed by atoms with Crippen LogP contribution in [0.15, 0.2) is 23.1 Å². The quantitative estimate of drug-likeness (QED) is 0.835. The fraction of sp³-hybridized carbons (Fsp3) is 0.462. The van der Waals surface area contributed by atoms with E-state index in [9.17, 15) is 9.00 Å². The van der Waals surface area contributed by atoms with Crippen molar-refractivity contribution in [3.8, 4) is 11.5 Å². The van der Waals surface area contributed by atoms with E-state index in [2.05, 4.69) is 0 Å². The number of fused-ring (bicyclic) bond motifs is 1. The van der Waals surface area contributed by atoms with E-state index < -0.39 is 10.8 Å². The predicted molar refractivity (Wildman–Crippen MR) is 68.6 cm³/mol. The maximum absolute atomic E-state index is 12.0. The normalized spacial score (nSPS) is 15.5. The van der Waals surface area contributed by atoms with Crippen LogP contribution in [0.3, 0.4) is 0 Å². The summed E-state index contributed by atoms with van der Waals surface area (Å²) in [6, 6.07) is 5.15. The van der Waals surface area contributed by atoms with Gasteiger partial charge in [-0.2, -0.15) is 0 Å². The van der Waals surface area contributed by atoms with Gasteiger partial charge >= 0.3 is 0 Å². The Balaban J connectivity index is 2.13. The second-order valence-corrected chi connectivity index (χ2v) is 5.87. The second-order valence-electron chi connectivity index (χ2n) is 4.42. The summed E-state index contributed by atoms with van der Waals surface area (Å²) in [5, 5.41) is 0. The molecule has 98 valence electrons. The number of ketones is 1. The zero-order chi connectivity index (χ0) is 13.1. The van der Waals surface area contributed by atoms with Gasteiger partial charge < -0.3 is 9.47 Å². The van der Waals surface area contributed by atoms with Gasteiger partial charge in [0.15, 0.2) is 11.5 Å². The van der Waals surface area contributed by atoms with E-state index in [1.54, 1.807) is 18.2 Å². The minimum absolute atomic E-state index is 0.00298. The van der Waals surface area contributed by atoms with Gasteiger partial charge in [-0.05, 0) is 12.1 Å². The van der Waals surface area contributed by atoms with Gasteiger partial charge in [-0.25, -0.2) is 0 Å². The molecule has 1 heterocycles. The fourth-order valence-electron chi connectivity index (χ4n) is 1.54. The molecular weight excluding hydrogens is 252 g/mol. The van der Waals surface area contributed by atoms with Crippen molar-refractivity contribution in [2.75, 3.05) is 19.0 Å². The molecule has 1 aliphatic heterocycles. The van der Waals surface area contributed by atoms with Gasteiger partial charge in [-0.3, -0.25) is 9.00 Å². The lowest BCUT2D eigenvalue weighted by atomic mass is 10.1. The van der Waals surface area contributed by atoms with Crippen molar-refractivity contribution in [3.63, 3.8) is 0 Å². The van der Waals surface area contributed by atoms with E-state index in [4.69, 9.17) is 9.47 Å². The van der Waals surface area contributed by atoms with Gasteiger partial charge in [0.2, 0.25) is 0 Å². The Hall–Kier alpha value is -1.36. The standard InChI is InChI=1S/C13H16O4S/c1-9(2)11(14)8-18(15)10-3-4-12-13(7-10)17-6-5-16-12/h3-4,7,9H,5-6,8H2,1-2H3. The molecule has 0 bridgehead atoms. The summed E-state index contributed by atoms with van der Waals surface area (Å²) in [6.07, 6.45) is 0. The van der Waals surface area contributed by atoms with Crippen molar-refractivity contribution in [3.05, 3.63) is 18.2 Å². The molecule has 1 atom stereocenters. The van der Waals surface area contributed by atoms with E-state index in [1.165, 1.54) is 0 Å². The lowest BCUT2D eigenvalue weighted by molar-refractivity contribution is -0.119. The minimum atomic E-state index is -1.32. The van der Waals surface area contributed by atoms with Gasteiger partial charge in [0.05, 0.1) is 16.6 Å².